The first-order valence-electron chi connectivity index (χ1n) is 18.8. The van der Waals surface area contributed by atoms with Gasteiger partial charge in [0.2, 0.25) is 11.8 Å². The van der Waals surface area contributed by atoms with E-state index >= 15 is 9.59 Å². The number of allylic oxidation sites excluding steroid dienone is 2. The molecule has 18 heteroatoms. The van der Waals surface area contributed by atoms with Crippen LogP contribution in [0.25, 0.3) is 0 Å². The van der Waals surface area contributed by atoms with Gasteiger partial charge in [-0.3, -0.25) is 44.8 Å². The lowest BCUT2D eigenvalue weighted by Gasteiger charge is -2.50. The van der Waals surface area contributed by atoms with E-state index in [9.17, 15) is 34.9 Å². The first kappa shape index (κ1) is 40.3. The third-order valence-corrected chi connectivity index (χ3v) is 12.8. The van der Waals surface area contributed by atoms with Crippen molar-refractivity contribution < 1.29 is 38.9 Å². The van der Waals surface area contributed by atoms with Crippen LogP contribution in [-0.4, -0.2) is 64.8 Å². The largest absolute Gasteiger partial charge is 0.508 e. The third-order valence-electron chi connectivity index (χ3n) is 12.3. The average Bonchev–Trinajstić information content (AvgIpc) is 3.59. The fourth-order valence-corrected chi connectivity index (χ4v) is 10.2. The highest BCUT2D eigenvalue weighted by Crippen LogP contribution is 2.64. The number of hydrazine groups is 1. The van der Waals surface area contributed by atoms with Crippen LogP contribution < -0.4 is 20.0 Å². The van der Waals surface area contributed by atoms with Crippen LogP contribution in [0.2, 0.25) is 10.0 Å². The molecule has 4 amide bonds. The van der Waals surface area contributed by atoms with Gasteiger partial charge < -0.3 is 14.7 Å². The molecule has 16 nitrogen and oxygen atoms in total. The van der Waals surface area contributed by atoms with E-state index in [2.05, 4.69) is 5.43 Å². The number of imide groups is 2. The van der Waals surface area contributed by atoms with Gasteiger partial charge in [0.25, 0.3) is 11.8 Å². The van der Waals surface area contributed by atoms with Crippen molar-refractivity contribution in [1.29, 1.82) is 0 Å². The van der Waals surface area contributed by atoms with Gasteiger partial charge in [0.15, 0.2) is 5.69 Å². The van der Waals surface area contributed by atoms with Crippen molar-refractivity contribution in [2.45, 2.75) is 31.1 Å². The van der Waals surface area contributed by atoms with Crippen molar-refractivity contribution in [1.82, 2.24) is 5.01 Å². The summed E-state index contributed by atoms with van der Waals surface area (Å²) in [5.41, 5.74) is 1.58. The highest BCUT2D eigenvalue weighted by molar-refractivity contribution is 6.36. The predicted molar refractivity (Wildman–Crippen MR) is 220 cm³/mol. The number of hydrogen-bond donors (Lipinski definition) is 2. The van der Waals surface area contributed by atoms with E-state index in [4.69, 9.17) is 27.9 Å². The summed E-state index contributed by atoms with van der Waals surface area (Å²) in [5, 5.41) is 36.6. The van der Waals surface area contributed by atoms with Gasteiger partial charge in [0.05, 0.1) is 56.5 Å². The molecule has 60 heavy (non-hydrogen) atoms. The number of halogens is 2. The molecule has 1 saturated carbocycles. The van der Waals surface area contributed by atoms with E-state index in [1.807, 2.05) is 6.08 Å². The predicted octanol–water partition coefficient (Wildman–Crippen LogP) is 7.09. The van der Waals surface area contributed by atoms with Gasteiger partial charge in [-0.15, -0.1) is 0 Å². The lowest BCUT2D eigenvalue weighted by molar-refractivity contribution is -0.392. The molecule has 6 unspecified atom stereocenters. The van der Waals surface area contributed by atoms with Crippen LogP contribution in [0, 0.1) is 50.8 Å². The van der Waals surface area contributed by atoms with Crippen molar-refractivity contribution in [3.63, 3.8) is 0 Å². The van der Waals surface area contributed by atoms with E-state index in [0.29, 0.717) is 33.0 Å². The summed E-state index contributed by atoms with van der Waals surface area (Å²) in [6.45, 7) is 1.69. The first-order valence-corrected chi connectivity index (χ1v) is 19.5. The molecule has 4 aromatic carbocycles. The Morgan fingerprint density at radius 3 is 2.13 bits per heavy atom. The van der Waals surface area contributed by atoms with Crippen molar-refractivity contribution in [3.05, 3.63) is 131 Å². The second-order valence-corrected chi connectivity index (χ2v) is 16.4. The molecule has 3 fully saturated rings. The number of nitrogens with one attached hydrogen (secondary N) is 1. The molecule has 4 aromatic rings. The zero-order valence-electron chi connectivity index (χ0n) is 32.4. The number of methoxy groups -OCH3 is 1. The zero-order chi connectivity index (χ0) is 43.1. The van der Waals surface area contributed by atoms with Crippen LogP contribution in [0.5, 0.6) is 11.5 Å². The van der Waals surface area contributed by atoms with Crippen LogP contribution in [-0.2, 0) is 24.6 Å². The zero-order valence-corrected chi connectivity index (χ0v) is 33.9. The fourth-order valence-electron chi connectivity index (χ4n) is 9.79. The molecule has 4 aliphatic rings. The van der Waals surface area contributed by atoms with Gasteiger partial charge >= 0.3 is 11.4 Å². The minimum Gasteiger partial charge on any atom is -0.508 e. The SMILES string of the molecule is COc1ccc(C23C(=O)N(Nc4ccc(Cl)cc4Cl)C(=O)C2CC2C(=CCC4C(=O)N(c5cc([N+](=O)[O-])c(N(C)C)c([N+](=O)[O-])c5)C(=O)C42)C3c2ccc(O)c(C)c2)cc1. The van der Waals surface area contributed by atoms with Crippen LogP contribution in [0.3, 0.4) is 0 Å². The number of nitro groups is 2. The Balaban J connectivity index is 1.32. The number of amides is 4. The van der Waals surface area contributed by atoms with Crippen LogP contribution in [0.15, 0.2) is 84.4 Å². The molecule has 2 saturated heterocycles. The Labute approximate surface area is 352 Å². The van der Waals surface area contributed by atoms with Crippen molar-refractivity contribution in [3.8, 4) is 11.5 Å². The Morgan fingerprint density at radius 2 is 1.55 bits per heavy atom. The van der Waals surface area contributed by atoms with Gasteiger partial charge in [-0.1, -0.05) is 59.1 Å². The number of nitro benzene ring substituents is 2. The van der Waals surface area contributed by atoms with Crippen LogP contribution in [0.4, 0.5) is 28.4 Å². The monoisotopic (exact) mass is 854 g/mol. The van der Waals surface area contributed by atoms with E-state index in [1.165, 1.54) is 44.3 Å². The summed E-state index contributed by atoms with van der Waals surface area (Å²) in [7, 11) is 4.30. The second kappa shape index (κ2) is 14.6. The number of fused-ring (bicyclic) bond motifs is 4. The molecule has 2 aliphatic heterocycles. The number of benzene rings is 4. The molecular formula is C42H36Cl2N6O10. The quantitative estimate of drug-likeness (QED) is 0.0750. The molecule has 2 heterocycles. The number of carbonyl (C=O) groups is 4. The van der Waals surface area contributed by atoms with Gasteiger partial charge in [-0.25, -0.2) is 4.90 Å². The lowest BCUT2D eigenvalue weighted by Crippen LogP contribution is -2.53. The molecule has 2 N–H and O–H groups in total. The third kappa shape index (κ3) is 5.95. The van der Waals surface area contributed by atoms with Crippen LogP contribution in [0.1, 0.15) is 35.4 Å². The molecule has 6 atom stereocenters. The van der Waals surface area contributed by atoms with Crippen molar-refractivity contribution in [2.75, 3.05) is 36.4 Å². The molecule has 0 aromatic heterocycles. The van der Waals surface area contributed by atoms with E-state index in [0.717, 1.165) is 22.0 Å². The van der Waals surface area contributed by atoms with Crippen LogP contribution >= 0.6 is 23.2 Å². The summed E-state index contributed by atoms with van der Waals surface area (Å²) >= 11 is 12.7. The number of phenols is 1. The topological polar surface area (TPSA) is 206 Å². The summed E-state index contributed by atoms with van der Waals surface area (Å²) in [6.07, 6.45) is 1.74. The first-order chi connectivity index (χ1) is 28.5. The Kier molecular flexibility index (Phi) is 9.82. The number of aryl methyl sites for hydroxylation is 1. The number of nitrogens with zero attached hydrogens (tertiary/aromatic N) is 5. The van der Waals surface area contributed by atoms with Crippen molar-refractivity contribution in [2.24, 2.45) is 23.7 Å². The molecule has 0 bridgehead atoms. The van der Waals surface area contributed by atoms with E-state index in [-0.39, 0.29) is 40.7 Å². The number of carbonyl (C=O) groups excluding carboxylic acids is 4. The Bertz CT molecular complexity index is 2560. The maximum Gasteiger partial charge on any atom is 0.301 e. The lowest BCUT2D eigenvalue weighted by atomic mass is 9.49. The summed E-state index contributed by atoms with van der Waals surface area (Å²) in [6, 6.07) is 18.1. The van der Waals surface area contributed by atoms with Gasteiger partial charge in [0, 0.05) is 37.2 Å². The number of phenolic OH excluding ortho intramolecular Hbond substituents is 1. The number of anilines is 3. The van der Waals surface area contributed by atoms with Gasteiger partial charge in [0.1, 0.15) is 11.5 Å². The van der Waals surface area contributed by atoms with E-state index in [1.54, 1.807) is 49.4 Å². The average molecular weight is 856 g/mol. The normalized spacial score (nSPS) is 24.4. The number of rotatable bonds is 9. The number of ether oxygens (including phenoxy) is 1. The van der Waals surface area contributed by atoms with E-state index < -0.39 is 79.9 Å². The minimum atomic E-state index is -1.66. The Hall–Kier alpha value is -6.52. The molecule has 0 radical (unpaired) electrons. The maximum absolute atomic E-state index is 15.5. The summed E-state index contributed by atoms with van der Waals surface area (Å²) in [5.74, 6) is -7.29. The molecule has 8 rings (SSSR count). The standard InChI is InChI=1S/C42H36Cl2N6O10/c1-20-15-21(5-14-34(20)51)36-26-11-12-27-35(40(54)47(38(27)52)24-17-32(49(56)57)37(46(2)3)33(18-24)50(58)59)28(26)19-29-39(53)48(45-31-13-8-23(43)16-30(31)44)41(55)42(29,36)22-6-9-25(60-4)10-7-22/h5-11,13-18,27-29,35-36,45,51H,12,19H2,1-4H3. The second-order valence-electron chi connectivity index (χ2n) is 15.5. The number of hydrogen-bond acceptors (Lipinski definition) is 12. The fraction of sp³-hybridized carbons (Fsp3) is 0.286. The molecule has 0 spiro atoms. The maximum atomic E-state index is 15.5. The summed E-state index contributed by atoms with van der Waals surface area (Å²) in [4.78, 5) is 84.6. The smallest absolute Gasteiger partial charge is 0.301 e. The molecular weight excluding hydrogens is 819 g/mol. The minimum absolute atomic E-state index is 0.0102. The van der Waals surface area contributed by atoms with Crippen molar-refractivity contribution >= 4 is 75.3 Å². The summed E-state index contributed by atoms with van der Waals surface area (Å²) < 4.78 is 5.45. The Morgan fingerprint density at radius 1 is 0.883 bits per heavy atom. The molecule has 308 valence electrons. The number of aromatic hydroxyl groups is 1. The van der Waals surface area contributed by atoms with Gasteiger partial charge in [-0.05, 0) is 78.8 Å². The highest BCUT2D eigenvalue weighted by Gasteiger charge is 2.70. The van der Waals surface area contributed by atoms with Gasteiger partial charge in [-0.2, -0.15) is 5.01 Å². The highest BCUT2D eigenvalue weighted by atomic mass is 35.5. The molecule has 2 aliphatic carbocycles.